The van der Waals surface area contributed by atoms with E-state index in [1.165, 1.54) is 0 Å². The first-order valence-electron chi connectivity index (χ1n) is 3.70. The minimum Gasteiger partial charge on any atom is -0.389 e. The first kappa shape index (κ1) is 8.02. The van der Waals surface area contributed by atoms with Gasteiger partial charge in [0.05, 0.1) is 6.10 Å². The normalized spacial score (nSPS) is 13.6. The molecule has 0 unspecified atom stereocenters. The Hall–Kier alpha value is -1.08. The van der Waals surface area contributed by atoms with Crippen LogP contribution in [0.25, 0.3) is 6.08 Å². The lowest BCUT2D eigenvalue weighted by atomic mass is 10.2. The van der Waals surface area contributed by atoms with Gasteiger partial charge in [0.25, 0.3) is 0 Å². The van der Waals surface area contributed by atoms with Crippen LogP contribution >= 0.6 is 0 Å². The van der Waals surface area contributed by atoms with Crippen LogP contribution in [-0.2, 0) is 0 Å². The van der Waals surface area contributed by atoms with Gasteiger partial charge < -0.3 is 5.11 Å². The average Bonchev–Trinajstić information content (AvgIpc) is 2.03. The molecule has 1 atom stereocenters. The number of hydrogen-bond donors (Lipinski definition) is 1. The Balaban J connectivity index is 2.65. The summed E-state index contributed by atoms with van der Waals surface area (Å²) < 4.78 is 0. The Bertz CT molecular complexity index is 224. The molecular weight excluding hydrogens is 136 g/mol. The van der Waals surface area contributed by atoms with E-state index in [1.54, 1.807) is 13.0 Å². The largest absolute Gasteiger partial charge is 0.389 e. The molecule has 1 nitrogen and oxygen atoms in total. The van der Waals surface area contributed by atoms with Crippen molar-refractivity contribution in [3.63, 3.8) is 0 Å². The molecule has 0 saturated heterocycles. The molecule has 0 saturated carbocycles. The molecule has 0 aliphatic carbocycles. The van der Waals surface area contributed by atoms with Crippen molar-refractivity contribution >= 4 is 6.08 Å². The zero-order valence-corrected chi connectivity index (χ0v) is 6.57. The first-order chi connectivity index (χ1) is 5.29. The number of benzene rings is 1. The van der Waals surface area contributed by atoms with E-state index in [1.807, 2.05) is 36.4 Å². The predicted molar refractivity (Wildman–Crippen MR) is 47.2 cm³/mol. The molecule has 0 amide bonds. The minimum absolute atomic E-state index is 0.366. The van der Waals surface area contributed by atoms with Gasteiger partial charge in [-0.2, -0.15) is 0 Å². The van der Waals surface area contributed by atoms with Gasteiger partial charge in [-0.3, -0.25) is 0 Å². The van der Waals surface area contributed by atoms with Crippen molar-refractivity contribution in [2.75, 3.05) is 0 Å². The summed E-state index contributed by atoms with van der Waals surface area (Å²) in [5.41, 5.74) is 1.12. The van der Waals surface area contributed by atoms with Gasteiger partial charge in [0.2, 0.25) is 0 Å². The van der Waals surface area contributed by atoms with E-state index < -0.39 is 0 Å². The molecule has 1 rings (SSSR count). The van der Waals surface area contributed by atoms with Gasteiger partial charge in [0.15, 0.2) is 0 Å². The second kappa shape index (κ2) is 3.94. The van der Waals surface area contributed by atoms with E-state index in [-0.39, 0.29) is 6.10 Å². The summed E-state index contributed by atoms with van der Waals surface area (Å²) in [7, 11) is 0. The number of aliphatic hydroxyl groups excluding tert-OH is 1. The van der Waals surface area contributed by atoms with Gasteiger partial charge in [-0.15, -0.1) is 0 Å². The van der Waals surface area contributed by atoms with E-state index >= 15 is 0 Å². The van der Waals surface area contributed by atoms with Crippen molar-refractivity contribution in [1.29, 1.82) is 0 Å². The van der Waals surface area contributed by atoms with Crippen molar-refractivity contribution in [1.82, 2.24) is 0 Å². The monoisotopic (exact) mass is 148 g/mol. The Morgan fingerprint density at radius 3 is 2.45 bits per heavy atom. The minimum atomic E-state index is -0.366. The molecule has 0 aliphatic heterocycles. The van der Waals surface area contributed by atoms with Crippen molar-refractivity contribution in [2.24, 2.45) is 0 Å². The van der Waals surface area contributed by atoms with Gasteiger partial charge in [-0.25, -0.2) is 0 Å². The quantitative estimate of drug-likeness (QED) is 0.680. The number of aliphatic hydroxyl groups is 1. The smallest absolute Gasteiger partial charge is 0.0696 e. The molecule has 0 aliphatic rings. The van der Waals surface area contributed by atoms with E-state index in [9.17, 15) is 0 Å². The lowest BCUT2D eigenvalue weighted by Gasteiger charge is -1.93. The van der Waals surface area contributed by atoms with Crippen molar-refractivity contribution < 1.29 is 5.11 Å². The fourth-order valence-corrected chi connectivity index (χ4v) is 0.815. The van der Waals surface area contributed by atoms with E-state index in [4.69, 9.17) is 5.11 Å². The van der Waals surface area contributed by atoms with Gasteiger partial charge in [-0.05, 0) is 12.5 Å². The summed E-state index contributed by atoms with van der Waals surface area (Å²) in [4.78, 5) is 0. The third-order valence-electron chi connectivity index (χ3n) is 1.37. The zero-order chi connectivity index (χ0) is 8.10. The number of hydrogen-bond acceptors (Lipinski definition) is 1. The van der Waals surface area contributed by atoms with Crippen LogP contribution in [0.15, 0.2) is 36.4 Å². The molecule has 0 spiro atoms. The molecule has 0 fully saturated rings. The summed E-state index contributed by atoms with van der Waals surface area (Å²) in [6.45, 7) is 1.74. The highest BCUT2D eigenvalue weighted by Gasteiger charge is 1.85. The molecule has 1 heteroatoms. The molecule has 0 aromatic heterocycles. The molecular formula is C10H12O. The fourth-order valence-electron chi connectivity index (χ4n) is 0.815. The maximum absolute atomic E-state index is 8.93. The zero-order valence-electron chi connectivity index (χ0n) is 6.57. The highest BCUT2D eigenvalue weighted by atomic mass is 16.3. The maximum atomic E-state index is 8.93. The van der Waals surface area contributed by atoms with Crippen LogP contribution in [0.3, 0.4) is 0 Å². The molecule has 11 heavy (non-hydrogen) atoms. The average molecular weight is 148 g/mol. The fraction of sp³-hybridized carbons (Fsp3) is 0.200. The van der Waals surface area contributed by atoms with Crippen LogP contribution in [0.1, 0.15) is 12.5 Å². The van der Waals surface area contributed by atoms with E-state index in [0.717, 1.165) is 5.56 Å². The van der Waals surface area contributed by atoms with Gasteiger partial charge >= 0.3 is 0 Å². The van der Waals surface area contributed by atoms with Crippen molar-refractivity contribution in [2.45, 2.75) is 13.0 Å². The van der Waals surface area contributed by atoms with Crippen LogP contribution in [0, 0.1) is 0 Å². The molecule has 0 heterocycles. The summed E-state index contributed by atoms with van der Waals surface area (Å²) in [5, 5.41) is 8.93. The van der Waals surface area contributed by atoms with E-state index in [2.05, 4.69) is 0 Å². The Morgan fingerprint density at radius 1 is 1.27 bits per heavy atom. The van der Waals surface area contributed by atoms with Gasteiger partial charge in [-0.1, -0.05) is 42.5 Å². The lowest BCUT2D eigenvalue weighted by Crippen LogP contribution is -1.90. The van der Waals surface area contributed by atoms with Crippen LogP contribution < -0.4 is 0 Å². The standard InChI is InChI=1S/C10H12O/c1-9(11)7-8-10-5-3-2-4-6-10/h2-9,11H,1H3/t9-/m1/s1. The van der Waals surface area contributed by atoms with Crippen LogP contribution in [0.2, 0.25) is 0 Å². The molecule has 1 N–H and O–H groups in total. The highest BCUT2D eigenvalue weighted by Crippen LogP contribution is 2.01. The molecule has 58 valence electrons. The second-order valence-corrected chi connectivity index (χ2v) is 2.51. The van der Waals surface area contributed by atoms with Crippen LogP contribution in [-0.4, -0.2) is 11.2 Å². The SMILES string of the molecule is C[C@@H](O)C=Cc1ccccc1. The predicted octanol–water partition coefficient (Wildman–Crippen LogP) is 2.08. The summed E-state index contributed by atoms with van der Waals surface area (Å²) in [5.74, 6) is 0. The van der Waals surface area contributed by atoms with E-state index in [0.29, 0.717) is 0 Å². The summed E-state index contributed by atoms with van der Waals surface area (Å²) in [6, 6.07) is 9.92. The first-order valence-corrected chi connectivity index (χ1v) is 3.70. The molecule has 0 bridgehead atoms. The van der Waals surface area contributed by atoms with Crippen molar-refractivity contribution in [3.8, 4) is 0 Å². The second-order valence-electron chi connectivity index (χ2n) is 2.51. The van der Waals surface area contributed by atoms with Gasteiger partial charge in [0, 0.05) is 0 Å². The lowest BCUT2D eigenvalue weighted by molar-refractivity contribution is 0.245. The summed E-state index contributed by atoms with van der Waals surface area (Å²) >= 11 is 0. The summed E-state index contributed by atoms with van der Waals surface area (Å²) in [6.07, 6.45) is 3.30. The molecule has 0 radical (unpaired) electrons. The maximum Gasteiger partial charge on any atom is 0.0696 e. The van der Waals surface area contributed by atoms with Gasteiger partial charge in [0.1, 0.15) is 0 Å². The third kappa shape index (κ3) is 3.01. The number of rotatable bonds is 2. The van der Waals surface area contributed by atoms with Crippen LogP contribution in [0.5, 0.6) is 0 Å². The molecule has 1 aromatic rings. The highest BCUT2D eigenvalue weighted by molar-refractivity contribution is 5.48. The topological polar surface area (TPSA) is 20.2 Å². The Morgan fingerprint density at radius 2 is 1.91 bits per heavy atom. The van der Waals surface area contributed by atoms with Crippen molar-refractivity contribution in [3.05, 3.63) is 42.0 Å². The van der Waals surface area contributed by atoms with Crippen LogP contribution in [0.4, 0.5) is 0 Å². The Kier molecular flexibility index (Phi) is 2.87. The Labute approximate surface area is 67.0 Å². The third-order valence-corrected chi connectivity index (χ3v) is 1.37. The molecule has 1 aromatic carbocycles.